The summed E-state index contributed by atoms with van der Waals surface area (Å²) in [6, 6.07) is 12.6. The Kier molecular flexibility index (Phi) is 5.75. The molecule has 146 valence electrons. The second kappa shape index (κ2) is 8.43. The summed E-state index contributed by atoms with van der Waals surface area (Å²) in [6.07, 6.45) is 1.72. The van der Waals surface area contributed by atoms with E-state index in [0.29, 0.717) is 6.04 Å². The fourth-order valence-corrected chi connectivity index (χ4v) is 5.16. The molecule has 0 spiro atoms. The van der Waals surface area contributed by atoms with Crippen LogP contribution in [0.3, 0.4) is 0 Å². The van der Waals surface area contributed by atoms with Crippen LogP contribution in [0.15, 0.2) is 48.0 Å². The van der Waals surface area contributed by atoms with E-state index in [-0.39, 0.29) is 5.91 Å². The number of thiophene rings is 1. The Morgan fingerprint density at radius 1 is 1.18 bits per heavy atom. The lowest BCUT2D eigenvalue weighted by molar-refractivity contribution is 0.0586. The number of rotatable bonds is 5. The molecule has 7 heteroatoms. The van der Waals surface area contributed by atoms with Gasteiger partial charge >= 0.3 is 0 Å². The summed E-state index contributed by atoms with van der Waals surface area (Å²) in [5.41, 5.74) is 1.24. The van der Waals surface area contributed by atoms with Gasteiger partial charge in [-0.05, 0) is 36.1 Å². The van der Waals surface area contributed by atoms with Crippen molar-refractivity contribution < 1.29 is 9.53 Å². The second-order valence-electron chi connectivity index (χ2n) is 6.79. The highest BCUT2D eigenvalue weighted by molar-refractivity contribution is 7.21. The van der Waals surface area contributed by atoms with Crippen molar-refractivity contribution in [3.05, 3.63) is 58.4 Å². The van der Waals surface area contributed by atoms with Crippen LogP contribution in [-0.2, 0) is 0 Å². The molecule has 1 aromatic carbocycles. The van der Waals surface area contributed by atoms with Gasteiger partial charge in [0.2, 0.25) is 0 Å². The minimum atomic E-state index is 0.0917. The molecule has 0 radical (unpaired) electrons. The van der Waals surface area contributed by atoms with E-state index in [1.54, 1.807) is 24.6 Å². The lowest BCUT2D eigenvalue weighted by atomic mass is 10.1. The van der Waals surface area contributed by atoms with Gasteiger partial charge in [0.05, 0.1) is 18.2 Å². The van der Waals surface area contributed by atoms with Crippen LogP contribution in [0.1, 0.15) is 28.2 Å². The Morgan fingerprint density at radius 3 is 2.71 bits per heavy atom. The lowest BCUT2D eigenvalue weighted by Crippen LogP contribution is -2.49. The van der Waals surface area contributed by atoms with Gasteiger partial charge in [0.1, 0.15) is 15.6 Å². The van der Waals surface area contributed by atoms with Crippen LogP contribution in [0.5, 0.6) is 5.75 Å². The molecule has 0 saturated carbocycles. The topological polar surface area (TPSA) is 45.7 Å². The van der Waals surface area contributed by atoms with Crippen LogP contribution in [-0.4, -0.2) is 54.0 Å². The van der Waals surface area contributed by atoms with E-state index in [2.05, 4.69) is 28.9 Å². The van der Waals surface area contributed by atoms with Gasteiger partial charge in [-0.1, -0.05) is 18.2 Å². The Hall–Kier alpha value is -2.22. The Morgan fingerprint density at radius 2 is 2.00 bits per heavy atom. The van der Waals surface area contributed by atoms with Crippen LogP contribution in [0.25, 0.3) is 9.88 Å². The maximum Gasteiger partial charge on any atom is 0.265 e. The number of ether oxygens (including phenoxy) is 1. The summed E-state index contributed by atoms with van der Waals surface area (Å²) in [7, 11) is 1.69. The van der Waals surface area contributed by atoms with Crippen molar-refractivity contribution in [3.63, 3.8) is 0 Å². The summed E-state index contributed by atoms with van der Waals surface area (Å²) in [4.78, 5) is 23.5. The number of carbonyl (C=O) groups excluding carboxylic acids is 1. The second-order valence-corrected chi connectivity index (χ2v) is 8.77. The van der Waals surface area contributed by atoms with E-state index in [9.17, 15) is 4.79 Å². The van der Waals surface area contributed by atoms with Crippen LogP contribution in [0.2, 0.25) is 0 Å². The SMILES string of the molecule is COc1cccc(C(C)N2CCN(C(=O)c3cnc(-c4cccs4)s3)CC2)c1. The maximum absolute atomic E-state index is 12.9. The molecule has 1 atom stereocenters. The van der Waals surface area contributed by atoms with Crippen LogP contribution >= 0.6 is 22.7 Å². The van der Waals surface area contributed by atoms with Gasteiger partial charge in [-0.15, -0.1) is 22.7 Å². The molecule has 2 aromatic heterocycles. The van der Waals surface area contributed by atoms with E-state index < -0.39 is 0 Å². The summed E-state index contributed by atoms with van der Waals surface area (Å²) in [5.74, 6) is 0.971. The largest absolute Gasteiger partial charge is 0.497 e. The van der Waals surface area contributed by atoms with Crippen molar-refractivity contribution in [2.24, 2.45) is 0 Å². The number of hydrogen-bond acceptors (Lipinski definition) is 6. The molecule has 0 N–H and O–H groups in total. The fraction of sp³-hybridized carbons (Fsp3) is 0.333. The Balaban J connectivity index is 1.37. The third-order valence-electron chi connectivity index (χ3n) is 5.17. The molecular weight excluding hydrogens is 390 g/mol. The zero-order valence-corrected chi connectivity index (χ0v) is 17.6. The predicted molar refractivity (Wildman–Crippen MR) is 114 cm³/mol. The average Bonchev–Trinajstić information content (AvgIpc) is 3.44. The number of nitrogens with zero attached hydrogens (tertiary/aromatic N) is 3. The van der Waals surface area contributed by atoms with Crippen molar-refractivity contribution >= 4 is 28.6 Å². The number of piperazine rings is 1. The Labute approximate surface area is 173 Å². The van der Waals surface area contributed by atoms with Crippen molar-refractivity contribution in [1.82, 2.24) is 14.8 Å². The molecule has 3 aromatic rings. The Bertz CT molecular complexity index is 931. The van der Waals surface area contributed by atoms with Crippen LogP contribution in [0, 0.1) is 0 Å². The van der Waals surface area contributed by atoms with Gasteiger partial charge in [0.15, 0.2) is 0 Å². The first-order valence-electron chi connectivity index (χ1n) is 9.32. The summed E-state index contributed by atoms with van der Waals surface area (Å²) < 4.78 is 5.34. The first kappa shape index (κ1) is 19.1. The molecular formula is C21H23N3O2S2. The molecule has 4 rings (SSSR count). The number of benzene rings is 1. The van der Waals surface area contributed by atoms with Crippen LogP contribution in [0.4, 0.5) is 0 Å². The highest BCUT2D eigenvalue weighted by Gasteiger charge is 2.26. The predicted octanol–water partition coefficient (Wildman–Crippen LogP) is 4.40. The van der Waals surface area contributed by atoms with Crippen molar-refractivity contribution in [2.45, 2.75) is 13.0 Å². The van der Waals surface area contributed by atoms with Crippen LogP contribution < -0.4 is 4.74 Å². The minimum absolute atomic E-state index is 0.0917. The third-order valence-corrected chi connectivity index (χ3v) is 7.20. The first-order valence-corrected chi connectivity index (χ1v) is 11.0. The van der Waals surface area contributed by atoms with E-state index >= 15 is 0 Å². The zero-order chi connectivity index (χ0) is 19.5. The molecule has 1 fully saturated rings. The third kappa shape index (κ3) is 3.97. The van der Waals surface area contributed by atoms with Gasteiger partial charge in [0, 0.05) is 32.2 Å². The molecule has 1 saturated heterocycles. The van der Waals surface area contributed by atoms with Crippen molar-refractivity contribution in [1.29, 1.82) is 0 Å². The average molecular weight is 414 g/mol. The van der Waals surface area contributed by atoms with E-state index in [0.717, 1.165) is 46.7 Å². The highest BCUT2D eigenvalue weighted by atomic mass is 32.1. The number of methoxy groups -OCH3 is 1. The molecule has 3 heterocycles. The van der Waals surface area contributed by atoms with Gasteiger partial charge in [-0.25, -0.2) is 4.98 Å². The monoisotopic (exact) mass is 413 g/mol. The number of aromatic nitrogens is 1. The van der Waals surface area contributed by atoms with E-state index in [1.807, 2.05) is 34.5 Å². The molecule has 0 bridgehead atoms. The minimum Gasteiger partial charge on any atom is -0.497 e. The number of carbonyl (C=O) groups is 1. The fourth-order valence-electron chi connectivity index (χ4n) is 3.47. The van der Waals surface area contributed by atoms with Crippen molar-refractivity contribution in [3.8, 4) is 15.6 Å². The van der Waals surface area contributed by atoms with Gasteiger partial charge < -0.3 is 9.64 Å². The normalized spacial score (nSPS) is 16.1. The molecule has 1 aliphatic rings. The zero-order valence-electron chi connectivity index (χ0n) is 16.0. The molecule has 28 heavy (non-hydrogen) atoms. The van der Waals surface area contributed by atoms with Gasteiger partial charge in [-0.3, -0.25) is 9.69 Å². The maximum atomic E-state index is 12.9. The highest BCUT2D eigenvalue weighted by Crippen LogP contribution is 2.30. The summed E-state index contributed by atoms with van der Waals surface area (Å²) in [5, 5.41) is 2.95. The number of thiazole rings is 1. The summed E-state index contributed by atoms with van der Waals surface area (Å²) in [6.45, 7) is 5.41. The van der Waals surface area contributed by atoms with Crippen molar-refractivity contribution in [2.75, 3.05) is 33.3 Å². The van der Waals surface area contributed by atoms with Gasteiger partial charge in [-0.2, -0.15) is 0 Å². The number of amides is 1. The van der Waals surface area contributed by atoms with E-state index in [4.69, 9.17) is 4.74 Å². The first-order chi connectivity index (χ1) is 13.7. The summed E-state index contributed by atoms with van der Waals surface area (Å²) >= 11 is 3.13. The van der Waals surface area contributed by atoms with E-state index in [1.165, 1.54) is 16.9 Å². The molecule has 1 aliphatic heterocycles. The number of hydrogen-bond donors (Lipinski definition) is 0. The lowest BCUT2D eigenvalue weighted by Gasteiger charge is -2.38. The quantitative estimate of drug-likeness (QED) is 0.622. The smallest absolute Gasteiger partial charge is 0.265 e. The molecule has 1 unspecified atom stereocenters. The molecule has 0 aliphatic carbocycles. The molecule has 5 nitrogen and oxygen atoms in total. The van der Waals surface area contributed by atoms with Gasteiger partial charge in [0.25, 0.3) is 5.91 Å². The molecule has 1 amide bonds. The standard InChI is InChI=1S/C21H23N3O2S2/c1-15(16-5-3-6-17(13-16)26-2)23-8-10-24(11-9-23)21(25)19-14-22-20(28-19)18-7-4-12-27-18/h3-7,12-15H,8-11H2,1-2H3.